The SMILES string of the molecule is CCC(C#N)(CC)C(=O)NCc1ccccc1. The number of hydrogen-bond acceptors (Lipinski definition) is 2. The third kappa shape index (κ3) is 3.07. The number of hydrogen-bond donors (Lipinski definition) is 1. The molecule has 1 rings (SSSR count). The molecule has 0 saturated heterocycles. The molecule has 0 atom stereocenters. The van der Waals surface area contributed by atoms with Crippen molar-refractivity contribution in [2.24, 2.45) is 5.41 Å². The van der Waals surface area contributed by atoms with Crippen molar-refractivity contribution in [2.75, 3.05) is 0 Å². The molecule has 90 valence electrons. The number of rotatable bonds is 5. The van der Waals surface area contributed by atoms with Crippen molar-refractivity contribution in [1.82, 2.24) is 5.32 Å². The Kier molecular flexibility index (Phi) is 4.71. The zero-order valence-corrected chi connectivity index (χ0v) is 10.4. The maximum Gasteiger partial charge on any atom is 0.240 e. The van der Waals surface area contributed by atoms with E-state index in [4.69, 9.17) is 5.26 Å². The lowest BCUT2D eigenvalue weighted by molar-refractivity contribution is -0.128. The first-order valence-electron chi connectivity index (χ1n) is 5.92. The van der Waals surface area contributed by atoms with Crippen LogP contribution in [0.1, 0.15) is 32.3 Å². The highest BCUT2D eigenvalue weighted by molar-refractivity contribution is 5.85. The number of amides is 1. The zero-order chi connectivity index (χ0) is 12.7. The third-order valence-electron chi connectivity index (χ3n) is 3.15. The average molecular weight is 230 g/mol. The highest BCUT2D eigenvalue weighted by atomic mass is 16.2. The Morgan fingerprint density at radius 2 is 1.88 bits per heavy atom. The summed E-state index contributed by atoms with van der Waals surface area (Å²) in [5.41, 5.74) is 0.161. The van der Waals surface area contributed by atoms with E-state index in [-0.39, 0.29) is 5.91 Å². The molecule has 3 nitrogen and oxygen atoms in total. The van der Waals surface area contributed by atoms with E-state index in [0.717, 1.165) is 5.56 Å². The summed E-state index contributed by atoms with van der Waals surface area (Å²) in [6, 6.07) is 11.8. The molecule has 0 heterocycles. The topological polar surface area (TPSA) is 52.9 Å². The number of nitrogens with zero attached hydrogens (tertiary/aromatic N) is 1. The summed E-state index contributed by atoms with van der Waals surface area (Å²) in [5, 5.41) is 12.0. The molecule has 3 heteroatoms. The van der Waals surface area contributed by atoms with Crippen LogP contribution >= 0.6 is 0 Å². The predicted molar refractivity (Wildman–Crippen MR) is 66.9 cm³/mol. The highest BCUT2D eigenvalue weighted by Crippen LogP contribution is 2.25. The van der Waals surface area contributed by atoms with Crippen LogP contribution in [-0.2, 0) is 11.3 Å². The van der Waals surface area contributed by atoms with Gasteiger partial charge in [0.2, 0.25) is 5.91 Å². The van der Waals surface area contributed by atoms with Crippen LogP contribution in [0.3, 0.4) is 0 Å². The fraction of sp³-hybridized carbons (Fsp3) is 0.429. The molecule has 1 aromatic carbocycles. The first-order chi connectivity index (χ1) is 8.18. The van der Waals surface area contributed by atoms with Gasteiger partial charge in [0, 0.05) is 6.54 Å². The van der Waals surface area contributed by atoms with Gasteiger partial charge in [-0.05, 0) is 18.4 Å². The van der Waals surface area contributed by atoms with Gasteiger partial charge in [0.25, 0.3) is 0 Å². The Balaban J connectivity index is 2.64. The van der Waals surface area contributed by atoms with Gasteiger partial charge in [-0.25, -0.2) is 0 Å². The van der Waals surface area contributed by atoms with Gasteiger partial charge in [-0.1, -0.05) is 44.2 Å². The van der Waals surface area contributed by atoms with Crippen LogP contribution in [0.5, 0.6) is 0 Å². The third-order valence-corrected chi connectivity index (χ3v) is 3.15. The lowest BCUT2D eigenvalue weighted by atomic mass is 9.83. The average Bonchev–Trinajstić information content (AvgIpc) is 2.40. The molecule has 17 heavy (non-hydrogen) atoms. The molecule has 0 saturated carbocycles. The van der Waals surface area contributed by atoms with Gasteiger partial charge in [0.15, 0.2) is 0 Å². The van der Waals surface area contributed by atoms with Crippen molar-refractivity contribution in [1.29, 1.82) is 5.26 Å². The number of carbonyl (C=O) groups excluding carboxylic acids is 1. The lowest BCUT2D eigenvalue weighted by Gasteiger charge is -2.22. The smallest absolute Gasteiger partial charge is 0.240 e. The highest BCUT2D eigenvalue weighted by Gasteiger charge is 2.34. The molecule has 1 aromatic rings. The van der Waals surface area contributed by atoms with Crippen LogP contribution in [0, 0.1) is 16.7 Å². The summed E-state index contributed by atoms with van der Waals surface area (Å²) in [7, 11) is 0. The van der Waals surface area contributed by atoms with E-state index >= 15 is 0 Å². The minimum absolute atomic E-state index is 0.172. The van der Waals surface area contributed by atoms with Crippen LogP contribution in [-0.4, -0.2) is 5.91 Å². The normalized spacial score (nSPS) is 10.6. The molecule has 0 aliphatic heterocycles. The van der Waals surface area contributed by atoms with Crippen molar-refractivity contribution in [3.8, 4) is 6.07 Å². The first-order valence-corrected chi connectivity index (χ1v) is 5.92. The zero-order valence-electron chi connectivity index (χ0n) is 10.4. The van der Waals surface area contributed by atoms with Crippen molar-refractivity contribution < 1.29 is 4.79 Å². The molecular weight excluding hydrogens is 212 g/mol. The summed E-state index contributed by atoms with van der Waals surface area (Å²) in [6.07, 6.45) is 1.08. The molecule has 0 unspecified atom stereocenters. The van der Waals surface area contributed by atoms with E-state index in [0.29, 0.717) is 19.4 Å². The van der Waals surface area contributed by atoms with E-state index in [1.165, 1.54) is 0 Å². The summed E-state index contributed by atoms with van der Waals surface area (Å²) >= 11 is 0. The van der Waals surface area contributed by atoms with E-state index in [1.807, 2.05) is 44.2 Å². The second-order valence-corrected chi connectivity index (χ2v) is 4.07. The second-order valence-electron chi connectivity index (χ2n) is 4.07. The molecule has 0 radical (unpaired) electrons. The number of nitriles is 1. The van der Waals surface area contributed by atoms with Crippen LogP contribution in [0.4, 0.5) is 0 Å². The van der Waals surface area contributed by atoms with Gasteiger partial charge in [-0.15, -0.1) is 0 Å². The first kappa shape index (κ1) is 13.2. The van der Waals surface area contributed by atoms with E-state index < -0.39 is 5.41 Å². The Bertz CT molecular complexity index is 402. The summed E-state index contributed by atoms with van der Waals surface area (Å²) in [4.78, 5) is 12.0. The van der Waals surface area contributed by atoms with Gasteiger partial charge in [0.05, 0.1) is 6.07 Å². The molecule has 1 amide bonds. The molecule has 0 fully saturated rings. The number of benzene rings is 1. The van der Waals surface area contributed by atoms with Crippen LogP contribution < -0.4 is 5.32 Å². The Hall–Kier alpha value is -1.82. The maximum absolute atomic E-state index is 12.0. The van der Waals surface area contributed by atoms with Crippen LogP contribution in [0.25, 0.3) is 0 Å². The van der Waals surface area contributed by atoms with Crippen molar-refractivity contribution in [2.45, 2.75) is 33.2 Å². The van der Waals surface area contributed by atoms with Gasteiger partial charge >= 0.3 is 0 Å². The standard InChI is InChI=1S/C14H18N2O/c1-3-14(4-2,11-15)13(17)16-10-12-8-6-5-7-9-12/h5-9H,3-4,10H2,1-2H3,(H,16,17). The molecule has 0 aromatic heterocycles. The van der Waals surface area contributed by atoms with Crippen molar-refractivity contribution >= 4 is 5.91 Å². The molecule has 0 aliphatic rings. The van der Waals surface area contributed by atoms with Crippen molar-refractivity contribution in [3.05, 3.63) is 35.9 Å². The van der Waals surface area contributed by atoms with Gasteiger partial charge in [-0.2, -0.15) is 5.26 Å². The molecule has 1 N–H and O–H groups in total. The van der Waals surface area contributed by atoms with Crippen LogP contribution in [0.15, 0.2) is 30.3 Å². The number of nitrogens with one attached hydrogen (secondary N) is 1. The monoisotopic (exact) mass is 230 g/mol. The quantitative estimate of drug-likeness (QED) is 0.845. The summed E-state index contributed by atoms with van der Waals surface area (Å²) in [5.74, 6) is -0.172. The van der Waals surface area contributed by atoms with Crippen LogP contribution in [0.2, 0.25) is 0 Å². The fourth-order valence-corrected chi connectivity index (χ4v) is 1.73. The van der Waals surface area contributed by atoms with E-state index in [2.05, 4.69) is 11.4 Å². The Labute approximate surface area is 102 Å². The minimum atomic E-state index is -0.880. The lowest BCUT2D eigenvalue weighted by Crippen LogP contribution is -2.38. The molecular formula is C14H18N2O. The summed E-state index contributed by atoms with van der Waals surface area (Å²) in [6.45, 7) is 4.22. The predicted octanol–water partition coefficient (Wildman–Crippen LogP) is 2.63. The van der Waals surface area contributed by atoms with Gasteiger partial charge < -0.3 is 5.32 Å². The molecule has 0 spiro atoms. The second kappa shape index (κ2) is 6.05. The maximum atomic E-state index is 12.0. The fourth-order valence-electron chi connectivity index (χ4n) is 1.73. The van der Waals surface area contributed by atoms with Crippen molar-refractivity contribution in [3.63, 3.8) is 0 Å². The van der Waals surface area contributed by atoms with E-state index in [9.17, 15) is 4.79 Å². The minimum Gasteiger partial charge on any atom is -0.351 e. The molecule has 0 aliphatic carbocycles. The molecule has 0 bridgehead atoms. The summed E-state index contributed by atoms with van der Waals surface area (Å²) < 4.78 is 0. The van der Waals surface area contributed by atoms with E-state index in [1.54, 1.807) is 0 Å². The Morgan fingerprint density at radius 3 is 2.35 bits per heavy atom. The van der Waals surface area contributed by atoms with Gasteiger partial charge in [-0.3, -0.25) is 4.79 Å². The Morgan fingerprint density at radius 1 is 1.29 bits per heavy atom. The van der Waals surface area contributed by atoms with Gasteiger partial charge in [0.1, 0.15) is 5.41 Å². The largest absolute Gasteiger partial charge is 0.351 e. The number of carbonyl (C=O) groups is 1.